The van der Waals surface area contributed by atoms with Gasteiger partial charge in [0.1, 0.15) is 24.4 Å². The summed E-state index contributed by atoms with van der Waals surface area (Å²) >= 11 is 0. The average molecular weight is 373 g/mol. The van der Waals surface area contributed by atoms with Crippen LogP contribution in [0.25, 0.3) is 0 Å². The highest BCUT2D eigenvalue weighted by Crippen LogP contribution is 2.25. The first kappa shape index (κ1) is 21.4. The lowest BCUT2D eigenvalue weighted by molar-refractivity contribution is -0.298. The number of aliphatic hydroxyl groups is 4. The van der Waals surface area contributed by atoms with Gasteiger partial charge in [-0.1, -0.05) is 12.2 Å². The molecule has 0 radical (unpaired) electrons. The first-order valence-corrected chi connectivity index (χ1v) is 8.43. The van der Waals surface area contributed by atoms with Crippen LogP contribution in [0.4, 0.5) is 0 Å². The lowest BCUT2D eigenvalue weighted by Crippen LogP contribution is -2.61. The molecule has 0 aromatic heterocycles. The van der Waals surface area contributed by atoms with E-state index < -0.39 is 59.9 Å². The van der Waals surface area contributed by atoms with E-state index in [9.17, 15) is 23.7 Å². The second-order valence-electron chi connectivity index (χ2n) is 5.21. The Hall–Kier alpha value is -0.670. The number of aliphatic hydroxyl groups excluding tert-OH is 4. The third-order valence-corrected chi connectivity index (χ3v) is 3.80. The molecule has 0 spiro atoms. The summed E-state index contributed by atoms with van der Waals surface area (Å²) in [6.07, 6.45) is -6.26. The van der Waals surface area contributed by atoms with Crippen molar-refractivity contribution < 1.29 is 47.1 Å². The molecule has 7 N–H and O–H groups in total. The van der Waals surface area contributed by atoms with E-state index in [1.54, 1.807) is 13.0 Å². The number of ether oxygens (including phenoxy) is 2. The van der Waals surface area contributed by atoms with Crippen LogP contribution in [0.5, 0.6) is 0 Å². The second kappa shape index (κ2) is 9.15. The molecule has 1 rings (SSSR count). The summed E-state index contributed by atoms with van der Waals surface area (Å²) < 4.78 is 44.9. The third-order valence-electron chi connectivity index (χ3n) is 3.34. The Balaban J connectivity index is 2.79. The Morgan fingerprint density at radius 2 is 1.96 bits per heavy atom. The van der Waals surface area contributed by atoms with Crippen LogP contribution in [0.1, 0.15) is 6.92 Å². The average Bonchev–Trinajstić information content (AvgIpc) is 2.49. The quantitative estimate of drug-likeness (QED) is 0.187. The van der Waals surface area contributed by atoms with E-state index in [1.165, 1.54) is 6.08 Å². The molecule has 1 fully saturated rings. The molecule has 142 valence electrons. The molecule has 1 heterocycles. The highest BCUT2D eigenvalue weighted by Gasteiger charge is 2.47. The van der Waals surface area contributed by atoms with Crippen LogP contribution in [0, 0.1) is 0 Å². The lowest BCUT2D eigenvalue weighted by atomic mass is 9.99. The Kier molecular flexibility index (Phi) is 8.14. The summed E-state index contributed by atoms with van der Waals surface area (Å²) in [5, 5.41) is 38.7. The highest BCUT2D eigenvalue weighted by molar-refractivity contribution is 7.80. The zero-order valence-corrected chi connectivity index (χ0v) is 13.7. The first-order chi connectivity index (χ1) is 11.1. The monoisotopic (exact) mass is 373 g/mol. The molecule has 24 heavy (non-hydrogen) atoms. The maximum Gasteiger partial charge on any atom is 0.397 e. The minimum Gasteiger partial charge on any atom is -0.394 e. The lowest BCUT2D eigenvalue weighted by Gasteiger charge is -2.41. The van der Waals surface area contributed by atoms with Crippen molar-refractivity contribution in [3.8, 4) is 0 Å². The first-order valence-electron chi connectivity index (χ1n) is 7.07. The Labute approximate surface area is 139 Å². The molecule has 0 amide bonds. The largest absolute Gasteiger partial charge is 0.397 e. The molecule has 5 unspecified atom stereocenters. The fourth-order valence-corrected chi connectivity index (χ4v) is 2.60. The number of allylic oxidation sites excluding steroid dienone is 1. The Morgan fingerprint density at radius 1 is 1.33 bits per heavy atom. The molecule has 11 nitrogen and oxygen atoms in total. The zero-order chi connectivity index (χ0) is 18.5. The van der Waals surface area contributed by atoms with Gasteiger partial charge in [0.2, 0.25) is 0 Å². The van der Waals surface area contributed by atoms with Crippen molar-refractivity contribution in [3.63, 3.8) is 0 Å². The van der Waals surface area contributed by atoms with Gasteiger partial charge in [0.15, 0.2) is 6.29 Å². The van der Waals surface area contributed by atoms with E-state index in [2.05, 4.69) is 4.18 Å². The molecule has 1 aliphatic heterocycles. The third kappa shape index (κ3) is 6.00. The molecular weight excluding hydrogens is 350 g/mol. The molecule has 0 aromatic carbocycles. The fourth-order valence-electron chi connectivity index (χ4n) is 2.09. The standard InChI is InChI=1S/C12H23NO10S/c1-2-3-7(15)6(13)5-21-12-10(17)11(23-24(18,19)20)9(16)8(4-14)22-12/h2-3,6-12,14-17H,4-5,13H2,1H3,(H,18,19,20)/b3-2+/t6-,7+,8?,9?,10?,11?,12?/m0/s1. The van der Waals surface area contributed by atoms with Crippen LogP contribution in [0.3, 0.4) is 0 Å². The predicted molar refractivity (Wildman–Crippen MR) is 78.9 cm³/mol. The number of hydrogen-bond donors (Lipinski definition) is 6. The van der Waals surface area contributed by atoms with Crippen LogP contribution < -0.4 is 5.73 Å². The van der Waals surface area contributed by atoms with Gasteiger partial charge in [0.05, 0.1) is 25.4 Å². The predicted octanol–water partition coefficient (Wildman–Crippen LogP) is -3.11. The summed E-state index contributed by atoms with van der Waals surface area (Å²) in [7, 11) is -4.98. The summed E-state index contributed by atoms with van der Waals surface area (Å²) in [5.41, 5.74) is 5.67. The van der Waals surface area contributed by atoms with Crippen molar-refractivity contribution in [2.75, 3.05) is 13.2 Å². The molecule has 0 saturated carbocycles. The molecule has 12 heteroatoms. The Bertz CT molecular complexity index is 512. The maximum absolute atomic E-state index is 10.8. The van der Waals surface area contributed by atoms with E-state index >= 15 is 0 Å². The molecule has 0 aliphatic carbocycles. The SMILES string of the molecule is C/C=C/[C@@H](O)[C@@H](N)COC1OC(CO)C(O)C(OS(=O)(=O)O)C1O. The van der Waals surface area contributed by atoms with Crippen LogP contribution in [0.15, 0.2) is 12.2 Å². The van der Waals surface area contributed by atoms with Crippen molar-refractivity contribution in [1.29, 1.82) is 0 Å². The summed E-state index contributed by atoms with van der Waals surface area (Å²) in [4.78, 5) is 0. The van der Waals surface area contributed by atoms with Gasteiger partial charge >= 0.3 is 10.4 Å². The van der Waals surface area contributed by atoms with E-state index in [-0.39, 0.29) is 6.61 Å². The smallest absolute Gasteiger partial charge is 0.394 e. The van der Waals surface area contributed by atoms with Crippen LogP contribution in [-0.4, -0.2) is 89.5 Å². The highest BCUT2D eigenvalue weighted by atomic mass is 32.3. The molecule has 1 saturated heterocycles. The van der Waals surface area contributed by atoms with Crippen LogP contribution in [0.2, 0.25) is 0 Å². The number of nitrogens with two attached hydrogens (primary N) is 1. The summed E-state index contributed by atoms with van der Waals surface area (Å²) in [5.74, 6) is 0. The Morgan fingerprint density at radius 3 is 2.46 bits per heavy atom. The molecule has 0 bridgehead atoms. The van der Waals surface area contributed by atoms with E-state index in [4.69, 9.17) is 24.9 Å². The van der Waals surface area contributed by atoms with Crippen molar-refractivity contribution >= 4 is 10.4 Å². The zero-order valence-electron chi connectivity index (χ0n) is 12.9. The maximum atomic E-state index is 10.8. The van der Waals surface area contributed by atoms with Crippen LogP contribution in [-0.2, 0) is 24.1 Å². The minimum atomic E-state index is -4.98. The van der Waals surface area contributed by atoms with Crippen LogP contribution >= 0.6 is 0 Å². The molecule has 7 atom stereocenters. The number of hydrogen-bond acceptors (Lipinski definition) is 10. The number of rotatable bonds is 8. The van der Waals surface area contributed by atoms with E-state index in [0.29, 0.717) is 0 Å². The van der Waals surface area contributed by atoms with Gasteiger partial charge in [-0.2, -0.15) is 8.42 Å². The fraction of sp³-hybridized carbons (Fsp3) is 0.833. The summed E-state index contributed by atoms with van der Waals surface area (Å²) in [6, 6.07) is -0.877. The molecular formula is C12H23NO10S. The normalized spacial score (nSPS) is 34.4. The van der Waals surface area contributed by atoms with Gasteiger partial charge in [-0.3, -0.25) is 4.55 Å². The van der Waals surface area contributed by atoms with Gasteiger partial charge in [0, 0.05) is 0 Å². The second-order valence-corrected chi connectivity index (χ2v) is 6.26. The molecule has 1 aliphatic rings. The van der Waals surface area contributed by atoms with E-state index in [1.807, 2.05) is 0 Å². The van der Waals surface area contributed by atoms with Crippen molar-refractivity contribution in [2.24, 2.45) is 5.73 Å². The van der Waals surface area contributed by atoms with Crippen molar-refractivity contribution in [3.05, 3.63) is 12.2 Å². The topological polar surface area (TPSA) is 189 Å². The summed E-state index contributed by atoms with van der Waals surface area (Å²) in [6.45, 7) is 0.654. The van der Waals surface area contributed by atoms with Gasteiger partial charge < -0.3 is 35.6 Å². The minimum absolute atomic E-state index is 0.292. The molecule has 0 aromatic rings. The van der Waals surface area contributed by atoms with Gasteiger partial charge in [-0.15, -0.1) is 0 Å². The van der Waals surface area contributed by atoms with Crippen molar-refractivity contribution in [1.82, 2.24) is 0 Å². The van der Waals surface area contributed by atoms with Crippen molar-refractivity contribution in [2.45, 2.75) is 49.8 Å². The van der Waals surface area contributed by atoms with Gasteiger partial charge in [-0.05, 0) is 6.92 Å². The van der Waals surface area contributed by atoms with E-state index in [0.717, 1.165) is 0 Å². The van der Waals surface area contributed by atoms with Gasteiger partial charge in [0.25, 0.3) is 0 Å². The van der Waals surface area contributed by atoms with Gasteiger partial charge in [-0.25, -0.2) is 4.18 Å².